The summed E-state index contributed by atoms with van der Waals surface area (Å²) in [6.07, 6.45) is 0. The molecule has 0 saturated heterocycles. The van der Waals surface area contributed by atoms with Crippen molar-refractivity contribution in [2.24, 2.45) is 0 Å². The van der Waals surface area contributed by atoms with Crippen LogP contribution in [0.3, 0.4) is 0 Å². The highest BCUT2D eigenvalue weighted by Crippen LogP contribution is 2.13. The number of hydrogen-bond acceptors (Lipinski definition) is 3. The Balaban J connectivity index is 2.86. The first kappa shape index (κ1) is 11.5. The fourth-order valence-electron chi connectivity index (χ4n) is 1.40. The van der Waals surface area contributed by atoms with Gasteiger partial charge in [0.1, 0.15) is 11.6 Å². The Morgan fingerprint density at radius 1 is 1.40 bits per heavy atom. The van der Waals surface area contributed by atoms with Crippen LogP contribution >= 0.6 is 0 Å². The van der Waals surface area contributed by atoms with Crippen molar-refractivity contribution in [2.75, 3.05) is 23.3 Å². The van der Waals surface area contributed by atoms with Gasteiger partial charge in [-0.1, -0.05) is 6.07 Å². The summed E-state index contributed by atoms with van der Waals surface area (Å²) >= 11 is 0. The number of rotatable bonds is 4. The van der Waals surface area contributed by atoms with Crippen LogP contribution in [0.2, 0.25) is 0 Å². The fraction of sp³-hybridized carbons (Fsp3) is 0.455. The van der Waals surface area contributed by atoms with Gasteiger partial charge in [-0.25, -0.2) is 4.98 Å². The molecule has 1 rings (SSSR count). The van der Waals surface area contributed by atoms with Crippen LogP contribution in [0, 0.1) is 0 Å². The van der Waals surface area contributed by atoms with Gasteiger partial charge < -0.3 is 10.2 Å². The number of nitrogens with one attached hydrogen (secondary N) is 1. The second-order valence-corrected chi connectivity index (χ2v) is 3.23. The second kappa shape index (κ2) is 5.34. The summed E-state index contributed by atoms with van der Waals surface area (Å²) in [6, 6.07) is 5.62. The third kappa shape index (κ3) is 3.23. The maximum absolute atomic E-state index is 10.9. The molecule has 0 radical (unpaired) electrons. The zero-order chi connectivity index (χ0) is 11.3. The van der Waals surface area contributed by atoms with E-state index in [4.69, 9.17) is 0 Å². The summed E-state index contributed by atoms with van der Waals surface area (Å²) in [6.45, 7) is 7.46. The molecule has 0 aliphatic carbocycles. The Morgan fingerprint density at radius 2 is 2.07 bits per heavy atom. The molecule has 82 valence electrons. The predicted octanol–water partition coefficient (Wildman–Crippen LogP) is 1.89. The quantitative estimate of drug-likeness (QED) is 0.820. The molecule has 1 aromatic heterocycles. The third-order valence-corrected chi connectivity index (χ3v) is 2.13. The van der Waals surface area contributed by atoms with Gasteiger partial charge in [-0.05, 0) is 26.0 Å². The summed E-state index contributed by atoms with van der Waals surface area (Å²) in [5.41, 5.74) is 0. The molecule has 0 fully saturated rings. The van der Waals surface area contributed by atoms with Gasteiger partial charge in [-0.3, -0.25) is 4.79 Å². The standard InChI is InChI=1S/C11H17N3O/c1-4-14(5-2)11-8-6-7-10(13-11)12-9(3)15/h6-8H,4-5H2,1-3H3,(H,12,13,15). The average Bonchev–Trinajstić information content (AvgIpc) is 2.19. The van der Waals surface area contributed by atoms with Crippen molar-refractivity contribution in [2.45, 2.75) is 20.8 Å². The lowest BCUT2D eigenvalue weighted by Crippen LogP contribution is -2.23. The number of pyridine rings is 1. The predicted molar refractivity (Wildman–Crippen MR) is 62.1 cm³/mol. The molecule has 0 aliphatic heterocycles. The maximum Gasteiger partial charge on any atom is 0.222 e. The van der Waals surface area contributed by atoms with Gasteiger partial charge in [0, 0.05) is 20.0 Å². The van der Waals surface area contributed by atoms with Crippen LogP contribution in [0.4, 0.5) is 11.6 Å². The minimum Gasteiger partial charge on any atom is -0.357 e. The van der Waals surface area contributed by atoms with Gasteiger partial charge in [-0.15, -0.1) is 0 Å². The molecular weight excluding hydrogens is 190 g/mol. The van der Waals surface area contributed by atoms with Gasteiger partial charge >= 0.3 is 0 Å². The molecule has 1 N–H and O–H groups in total. The van der Waals surface area contributed by atoms with Crippen LogP contribution in [-0.4, -0.2) is 24.0 Å². The molecule has 4 heteroatoms. The number of carbonyl (C=O) groups is 1. The highest BCUT2D eigenvalue weighted by atomic mass is 16.1. The topological polar surface area (TPSA) is 45.2 Å². The van der Waals surface area contributed by atoms with E-state index in [-0.39, 0.29) is 5.91 Å². The summed E-state index contributed by atoms with van der Waals surface area (Å²) in [7, 11) is 0. The van der Waals surface area contributed by atoms with Crippen LogP contribution in [0.15, 0.2) is 18.2 Å². The first-order valence-corrected chi connectivity index (χ1v) is 5.17. The van der Waals surface area contributed by atoms with Crippen LogP contribution < -0.4 is 10.2 Å². The Morgan fingerprint density at radius 3 is 2.60 bits per heavy atom. The molecule has 0 bridgehead atoms. The molecule has 4 nitrogen and oxygen atoms in total. The van der Waals surface area contributed by atoms with Gasteiger partial charge in [-0.2, -0.15) is 0 Å². The highest BCUT2D eigenvalue weighted by Gasteiger charge is 2.04. The SMILES string of the molecule is CCN(CC)c1cccc(NC(C)=O)n1. The number of amides is 1. The van der Waals surface area contributed by atoms with Gasteiger partial charge in [0.05, 0.1) is 0 Å². The lowest BCUT2D eigenvalue weighted by Gasteiger charge is -2.20. The van der Waals surface area contributed by atoms with E-state index >= 15 is 0 Å². The Bertz CT molecular complexity index is 334. The molecule has 1 aromatic rings. The number of hydrogen-bond donors (Lipinski definition) is 1. The number of aromatic nitrogens is 1. The zero-order valence-electron chi connectivity index (χ0n) is 9.45. The highest BCUT2D eigenvalue weighted by molar-refractivity contribution is 5.87. The Labute approximate surface area is 90.3 Å². The summed E-state index contributed by atoms with van der Waals surface area (Å²) in [4.78, 5) is 17.3. The fourth-order valence-corrected chi connectivity index (χ4v) is 1.40. The third-order valence-electron chi connectivity index (χ3n) is 2.13. The van der Waals surface area contributed by atoms with E-state index in [0.717, 1.165) is 18.9 Å². The number of anilines is 2. The summed E-state index contributed by atoms with van der Waals surface area (Å²) in [5.74, 6) is 1.40. The number of nitrogens with zero attached hydrogens (tertiary/aromatic N) is 2. The minimum absolute atomic E-state index is 0.0980. The summed E-state index contributed by atoms with van der Waals surface area (Å²) in [5, 5.41) is 2.67. The van der Waals surface area contributed by atoms with E-state index in [9.17, 15) is 4.79 Å². The first-order valence-electron chi connectivity index (χ1n) is 5.17. The smallest absolute Gasteiger partial charge is 0.222 e. The first-order chi connectivity index (χ1) is 7.17. The molecule has 1 amide bonds. The van der Waals surface area contributed by atoms with Crippen molar-refractivity contribution in [1.82, 2.24) is 4.98 Å². The van der Waals surface area contributed by atoms with E-state index in [2.05, 4.69) is 29.0 Å². The molecule has 0 saturated carbocycles. The molecule has 0 aromatic carbocycles. The number of carbonyl (C=O) groups excluding carboxylic acids is 1. The molecule has 0 unspecified atom stereocenters. The van der Waals surface area contributed by atoms with Gasteiger partial charge in [0.15, 0.2) is 0 Å². The molecule has 0 spiro atoms. The largest absolute Gasteiger partial charge is 0.357 e. The van der Waals surface area contributed by atoms with E-state index in [1.165, 1.54) is 6.92 Å². The minimum atomic E-state index is -0.0980. The van der Waals surface area contributed by atoms with Crippen molar-refractivity contribution in [1.29, 1.82) is 0 Å². The van der Waals surface area contributed by atoms with Crippen LogP contribution in [0.1, 0.15) is 20.8 Å². The monoisotopic (exact) mass is 207 g/mol. The molecule has 0 aliphatic rings. The molecule has 0 atom stereocenters. The maximum atomic E-state index is 10.9. The second-order valence-electron chi connectivity index (χ2n) is 3.23. The lowest BCUT2D eigenvalue weighted by molar-refractivity contribution is -0.114. The van der Waals surface area contributed by atoms with Crippen LogP contribution in [-0.2, 0) is 4.79 Å². The van der Waals surface area contributed by atoms with Crippen LogP contribution in [0.25, 0.3) is 0 Å². The molecular formula is C11H17N3O. The van der Waals surface area contributed by atoms with Crippen molar-refractivity contribution < 1.29 is 4.79 Å². The van der Waals surface area contributed by atoms with E-state index in [1.807, 2.05) is 12.1 Å². The van der Waals surface area contributed by atoms with Crippen molar-refractivity contribution in [3.05, 3.63) is 18.2 Å². The molecule has 1 heterocycles. The van der Waals surface area contributed by atoms with Crippen molar-refractivity contribution >= 4 is 17.5 Å². The van der Waals surface area contributed by atoms with Crippen molar-refractivity contribution in [3.8, 4) is 0 Å². The van der Waals surface area contributed by atoms with E-state index in [0.29, 0.717) is 5.82 Å². The Hall–Kier alpha value is -1.58. The average molecular weight is 207 g/mol. The normalized spacial score (nSPS) is 9.80. The van der Waals surface area contributed by atoms with E-state index in [1.54, 1.807) is 6.07 Å². The van der Waals surface area contributed by atoms with Gasteiger partial charge in [0.2, 0.25) is 5.91 Å². The zero-order valence-corrected chi connectivity index (χ0v) is 9.45. The Kier molecular flexibility index (Phi) is 4.09. The van der Waals surface area contributed by atoms with Crippen molar-refractivity contribution in [3.63, 3.8) is 0 Å². The molecule has 15 heavy (non-hydrogen) atoms. The van der Waals surface area contributed by atoms with Crippen LogP contribution in [0.5, 0.6) is 0 Å². The lowest BCUT2D eigenvalue weighted by atomic mass is 10.4. The summed E-state index contributed by atoms with van der Waals surface area (Å²) < 4.78 is 0. The van der Waals surface area contributed by atoms with E-state index < -0.39 is 0 Å². The van der Waals surface area contributed by atoms with Gasteiger partial charge in [0.25, 0.3) is 0 Å².